The van der Waals surface area contributed by atoms with E-state index in [4.69, 9.17) is 0 Å². The van der Waals surface area contributed by atoms with E-state index in [1.165, 1.54) is 11.3 Å². The average Bonchev–Trinajstić information content (AvgIpc) is 2.43. The predicted molar refractivity (Wildman–Crippen MR) is 60.9 cm³/mol. The van der Waals surface area contributed by atoms with E-state index >= 15 is 0 Å². The van der Waals surface area contributed by atoms with Gasteiger partial charge in [0.25, 0.3) is 0 Å². The molecule has 0 radical (unpaired) electrons. The van der Waals surface area contributed by atoms with Crippen molar-refractivity contribution in [2.45, 2.75) is 20.4 Å². The van der Waals surface area contributed by atoms with Crippen molar-refractivity contribution in [2.24, 2.45) is 5.92 Å². The summed E-state index contributed by atoms with van der Waals surface area (Å²) < 4.78 is 2.95. The van der Waals surface area contributed by atoms with Crippen LogP contribution in [-0.2, 0) is 6.54 Å². The first kappa shape index (κ1) is 9.46. The molecule has 0 bridgehead atoms. The second-order valence-corrected chi connectivity index (χ2v) is 4.83. The van der Waals surface area contributed by atoms with Gasteiger partial charge < -0.3 is 0 Å². The summed E-state index contributed by atoms with van der Waals surface area (Å²) in [7, 11) is 0. The number of thiazole rings is 1. The lowest BCUT2D eigenvalue weighted by Crippen LogP contribution is -2.15. The first-order valence-corrected chi connectivity index (χ1v) is 5.58. The van der Waals surface area contributed by atoms with Crippen LogP contribution < -0.4 is 4.87 Å². The third-order valence-corrected chi connectivity index (χ3v) is 3.08. The molecule has 1 aromatic heterocycles. The first-order chi connectivity index (χ1) is 6.68. The number of nitrogens with zero attached hydrogens (tertiary/aromatic N) is 1. The van der Waals surface area contributed by atoms with Gasteiger partial charge in [0.15, 0.2) is 0 Å². The number of fused-ring (bicyclic) bond motifs is 1. The van der Waals surface area contributed by atoms with Crippen molar-refractivity contribution in [3.63, 3.8) is 0 Å². The van der Waals surface area contributed by atoms with Gasteiger partial charge in [0, 0.05) is 6.54 Å². The Hall–Kier alpha value is -1.09. The molecule has 3 heteroatoms. The van der Waals surface area contributed by atoms with Gasteiger partial charge in [-0.25, -0.2) is 0 Å². The van der Waals surface area contributed by atoms with E-state index in [1.807, 2.05) is 28.8 Å². The zero-order valence-corrected chi connectivity index (χ0v) is 9.17. The van der Waals surface area contributed by atoms with E-state index < -0.39 is 0 Å². The Kier molecular flexibility index (Phi) is 2.42. The van der Waals surface area contributed by atoms with Gasteiger partial charge in [-0.1, -0.05) is 37.3 Å². The summed E-state index contributed by atoms with van der Waals surface area (Å²) in [4.78, 5) is 11.8. The molecule has 1 heterocycles. The lowest BCUT2D eigenvalue weighted by molar-refractivity contribution is 0.529. The summed E-state index contributed by atoms with van der Waals surface area (Å²) in [5.74, 6) is 0.505. The zero-order valence-electron chi connectivity index (χ0n) is 8.36. The van der Waals surface area contributed by atoms with Crippen LogP contribution in [-0.4, -0.2) is 4.57 Å². The summed E-state index contributed by atoms with van der Waals surface area (Å²) in [5, 5.41) is 0. The molecule has 0 unspecified atom stereocenters. The molecule has 0 fully saturated rings. The van der Waals surface area contributed by atoms with Crippen LogP contribution >= 0.6 is 11.3 Å². The van der Waals surface area contributed by atoms with Crippen LogP contribution in [0.2, 0.25) is 0 Å². The van der Waals surface area contributed by atoms with Crippen molar-refractivity contribution in [1.82, 2.24) is 4.57 Å². The number of hydrogen-bond donors (Lipinski definition) is 0. The minimum atomic E-state index is 0.153. The molecule has 0 saturated carbocycles. The molecule has 0 N–H and O–H groups in total. The molecular formula is C11H13NOS. The maximum atomic E-state index is 11.7. The Balaban J connectivity index is 2.62. The lowest BCUT2D eigenvalue weighted by Gasteiger charge is -2.05. The topological polar surface area (TPSA) is 22.0 Å². The highest BCUT2D eigenvalue weighted by atomic mass is 32.1. The molecule has 2 aromatic rings. The second kappa shape index (κ2) is 3.58. The molecule has 0 aliphatic rings. The molecule has 1 aromatic carbocycles. The molecule has 0 aliphatic carbocycles. The SMILES string of the molecule is CC(C)Cn1c(=O)sc2ccccc21. The Morgan fingerprint density at radius 2 is 2.07 bits per heavy atom. The minimum absolute atomic E-state index is 0.153. The fraction of sp³-hybridized carbons (Fsp3) is 0.364. The molecule has 0 atom stereocenters. The van der Waals surface area contributed by atoms with Crippen LogP contribution in [0.25, 0.3) is 10.2 Å². The van der Waals surface area contributed by atoms with Crippen molar-refractivity contribution in [2.75, 3.05) is 0 Å². The normalized spacial score (nSPS) is 11.4. The molecular weight excluding hydrogens is 194 g/mol. The predicted octanol–water partition coefficient (Wildman–Crippen LogP) is 2.72. The van der Waals surface area contributed by atoms with Gasteiger partial charge in [-0.3, -0.25) is 9.36 Å². The van der Waals surface area contributed by atoms with E-state index in [1.54, 1.807) is 0 Å². The van der Waals surface area contributed by atoms with Crippen LogP contribution in [0, 0.1) is 5.92 Å². The smallest absolute Gasteiger partial charge is 0.298 e. The third-order valence-electron chi connectivity index (χ3n) is 2.12. The maximum Gasteiger partial charge on any atom is 0.308 e. The van der Waals surface area contributed by atoms with Crippen LogP contribution in [0.15, 0.2) is 29.1 Å². The Morgan fingerprint density at radius 3 is 2.79 bits per heavy atom. The zero-order chi connectivity index (χ0) is 10.1. The fourth-order valence-electron chi connectivity index (χ4n) is 1.55. The summed E-state index contributed by atoms with van der Waals surface area (Å²) in [6.07, 6.45) is 0. The molecule has 0 spiro atoms. The number of benzene rings is 1. The molecule has 2 nitrogen and oxygen atoms in total. The van der Waals surface area contributed by atoms with Gasteiger partial charge in [0.1, 0.15) is 0 Å². The van der Waals surface area contributed by atoms with Crippen molar-refractivity contribution in [3.05, 3.63) is 33.9 Å². The van der Waals surface area contributed by atoms with Gasteiger partial charge >= 0.3 is 4.87 Å². The van der Waals surface area contributed by atoms with Gasteiger partial charge in [-0.15, -0.1) is 0 Å². The first-order valence-electron chi connectivity index (χ1n) is 4.77. The highest BCUT2D eigenvalue weighted by Crippen LogP contribution is 2.17. The fourth-order valence-corrected chi connectivity index (χ4v) is 2.45. The summed E-state index contributed by atoms with van der Waals surface area (Å²) >= 11 is 1.33. The number of hydrogen-bond acceptors (Lipinski definition) is 2. The standard InChI is InChI=1S/C11H13NOS/c1-8(2)7-12-9-5-3-4-6-10(9)14-11(12)13/h3-6,8H,7H2,1-2H3. The molecule has 2 rings (SSSR count). The maximum absolute atomic E-state index is 11.7. The van der Waals surface area contributed by atoms with Crippen molar-refractivity contribution in [3.8, 4) is 0 Å². The molecule has 0 saturated heterocycles. The quantitative estimate of drug-likeness (QED) is 0.742. The average molecular weight is 207 g/mol. The van der Waals surface area contributed by atoms with E-state index in [9.17, 15) is 4.79 Å². The van der Waals surface area contributed by atoms with E-state index in [0.29, 0.717) is 5.92 Å². The summed E-state index contributed by atoms with van der Waals surface area (Å²) in [5.41, 5.74) is 1.07. The number of rotatable bonds is 2. The minimum Gasteiger partial charge on any atom is -0.298 e. The number of para-hydroxylation sites is 1. The van der Waals surface area contributed by atoms with Gasteiger partial charge in [0.2, 0.25) is 0 Å². The molecule has 74 valence electrons. The monoisotopic (exact) mass is 207 g/mol. The van der Waals surface area contributed by atoms with E-state index in [-0.39, 0.29) is 4.87 Å². The van der Waals surface area contributed by atoms with Crippen LogP contribution in [0.5, 0.6) is 0 Å². The van der Waals surface area contributed by atoms with Crippen LogP contribution in [0.1, 0.15) is 13.8 Å². The van der Waals surface area contributed by atoms with Gasteiger partial charge in [0.05, 0.1) is 10.2 Å². The Bertz CT molecular complexity index is 495. The highest BCUT2D eigenvalue weighted by Gasteiger charge is 2.07. The summed E-state index contributed by atoms with van der Waals surface area (Å²) in [6.45, 7) is 5.06. The van der Waals surface area contributed by atoms with Gasteiger partial charge in [-0.2, -0.15) is 0 Å². The molecule has 14 heavy (non-hydrogen) atoms. The second-order valence-electron chi connectivity index (χ2n) is 3.84. The Labute approximate surface area is 86.8 Å². The van der Waals surface area contributed by atoms with Crippen molar-refractivity contribution >= 4 is 21.6 Å². The third kappa shape index (κ3) is 1.60. The van der Waals surface area contributed by atoms with Crippen molar-refractivity contribution in [1.29, 1.82) is 0 Å². The largest absolute Gasteiger partial charge is 0.308 e. The Morgan fingerprint density at radius 1 is 1.36 bits per heavy atom. The summed E-state index contributed by atoms with van der Waals surface area (Å²) in [6, 6.07) is 7.96. The lowest BCUT2D eigenvalue weighted by atomic mass is 10.2. The molecule has 0 aliphatic heterocycles. The van der Waals surface area contributed by atoms with Crippen LogP contribution in [0.4, 0.5) is 0 Å². The molecule has 0 amide bonds. The highest BCUT2D eigenvalue weighted by molar-refractivity contribution is 7.16. The van der Waals surface area contributed by atoms with E-state index in [2.05, 4.69) is 13.8 Å². The van der Waals surface area contributed by atoms with Crippen LogP contribution in [0.3, 0.4) is 0 Å². The van der Waals surface area contributed by atoms with Gasteiger partial charge in [-0.05, 0) is 18.1 Å². The van der Waals surface area contributed by atoms with E-state index in [0.717, 1.165) is 16.8 Å². The number of aromatic nitrogens is 1. The van der Waals surface area contributed by atoms with Crippen molar-refractivity contribution < 1.29 is 0 Å².